The Morgan fingerprint density at radius 3 is 1.78 bits per heavy atom. The van der Waals surface area contributed by atoms with Crippen molar-refractivity contribution in [1.29, 1.82) is 0 Å². The molecule has 2 fully saturated rings. The van der Waals surface area contributed by atoms with Gasteiger partial charge in [-0.05, 0) is 36.5 Å². The second kappa shape index (κ2) is 7.13. The van der Waals surface area contributed by atoms with Crippen LogP contribution in [0, 0.1) is 16.7 Å². The van der Waals surface area contributed by atoms with Gasteiger partial charge in [0.05, 0.1) is 12.2 Å². The fraction of sp³-hybridized carbons (Fsp3) is 0.950. The van der Waals surface area contributed by atoms with E-state index < -0.39 is 0 Å². The van der Waals surface area contributed by atoms with E-state index in [0.717, 1.165) is 25.7 Å². The summed E-state index contributed by atoms with van der Waals surface area (Å²) in [6.07, 6.45) is 8.17. The van der Waals surface area contributed by atoms with Crippen LogP contribution in [0.2, 0.25) is 0 Å². The minimum Gasteiger partial charge on any atom is -0.374 e. The average Bonchev–Trinajstić information content (AvgIpc) is 2.46. The summed E-state index contributed by atoms with van der Waals surface area (Å²) < 4.78 is 6.41. The quantitative estimate of drug-likeness (QED) is 0.800. The predicted molar refractivity (Wildman–Crippen MR) is 95.3 cm³/mol. The van der Waals surface area contributed by atoms with E-state index in [1.54, 1.807) is 0 Å². The number of carbonyl (C=O) groups excluding carboxylic acids is 1. The molecule has 1 heterocycles. The zero-order valence-corrected chi connectivity index (χ0v) is 16.1. The van der Waals surface area contributed by atoms with Crippen molar-refractivity contribution in [3.05, 3.63) is 0 Å². The van der Waals surface area contributed by atoms with Gasteiger partial charge in [-0.15, -0.1) is 0 Å². The van der Waals surface area contributed by atoms with Crippen molar-refractivity contribution in [2.75, 3.05) is 0 Å². The topological polar surface area (TPSA) is 38.3 Å². The van der Waals surface area contributed by atoms with Gasteiger partial charge in [0.25, 0.3) is 0 Å². The normalized spacial score (nSPS) is 31.0. The molecule has 134 valence electrons. The lowest BCUT2D eigenvalue weighted by molar-refractivity contribution is -0.162. The molecule has 2 unspecified atom stereocenters. The second-order valence-corrected chi connectivity index (χ2v) is 9.86. The summed E-state index contributed by atoms with van der Waals surface area (Å²) in [4.78, 5) is 12.8. The maximum Gasteiger partial charge on any atom is 0.223 e. The van der Waals surface area contributed by atoms with E-state index in [9.17, 15) is 4.79 Å². The van der Waals surface area contributed by atoms with Gasteiger partial charge in [-0.3, -0.25) is 4.79 Å². The molecule has 1 amide bonds. The Hall–Kier alpha value is -0.570. The lowest BCUT2D eigenvalue weighted by Gasteiger charge is -2.45. The van der Waals surface area contributed by atoms with Crippen LogP contribution in [0.1, 0.15) is 86.5 Å². The first-order valence-corrected chi connectivity index (χ1v) is 9.53. The summed E-state index contributed by atoms with van der Waals surface area (Å²) in [5, 5.41) is 3.34. The highest BCUT2D eigenvalue weighted by molar-refractivity contribution is 5.79. The third-order valence-corrected chi connectivity index (χ3v) is 5.58. The molecular formula is C20H37NO2. The molecule has 0 bridgehead atoms. The smallest absolute Gasteiger partial charge is 0.223 e. The molecule has 2 rings (SSSR count). The number of nitrogens with one attached hydrogen (secondary N) is 1. The summed E-state index contributed by atoms with van der Waals surface area (Å²) in [5.41, 5.74) is 0.153. The van der Waals surface area contributed by atoms with E-state index >= 15 is 0 Å². The van der Waals surface area contributed by atoms with E-state index in [4.69, 9.17) is 4.74 Å². The van der Waals surface area contributed by atoms with Crippen LogP contribution in [0.25, 0.3) is 0 Å². The molecule has 1 saturated carbocycles. The van der Waals surface area contributed by atoms with Crippen LogP contribution in [-0.2, 0) is 9.53 Å². The van der Waals surface area contributed by atoms with Gasteiger partial charge in [-0.2, -0.15) is 0 Å². The number of amides is 1. The third kappa shape index (κ3) is 5.20. The van der Waals surface area contributed by atoms with E-state index in [1.807, 2.05) is 0 Å². The van der Waals surface area contributed by atoms with Gasteiger partial charge in [-0.25, -0.2) is 0 Å². The minimum atomic E-state index is 0.0767. The highest BCUT2D eigenvalue weighted by atomic mass is 16.5. The molecular weight excluding hydrogens is 286 g/mol. The van der Waals surface area contributed by atoms with Gasteiger partial charge in [0.15, 0.2) is 0 Å². The number of hydrogen-bond acceptors (Lipinski definition) is 2. The molecule has 0 aromatic carbocycles. The molecule has 2 atom stereocenters. The van der Waals surface area contributed by atoms with Crippen molar-refractivity contribution in [3.63, 3.8) is 0 Å². The van der Waals surface area contributed by atoms with Crippen molar-refractivity contribution in [2.24, 2.45) is 16.7 Å². The molecule has 3 heteroatoms. The van der Waals surface area contributed by atoms with Crippen LogP contribution in [-0.4, -0.2) is 24.2 Å². The first-order chi connectivity index (χ1) is 10.6. The Labute approximate surface area is 142 Å². The molecule has 1 N–H and O–H groups in total. The molecule has 23 heavy (non-hydrogen) atoms. The average molecular weight is 324 g/mol. The van der Waals surface area contributed by atoms with Crippen LogP contribution in [0.5, 0.6) is 0 Å². The van der Waals surface area contributed by atoms with Gasteiger partial charge in [0.2, 0.25) is 5.91 Å². The number of carbonyl (C=O) groups is 1. The summed E-state index contributed by atoms with van der Waals surface area (Å²) in [6, 6.07) is 0.403. The van der Waals surface area contributed by atoms with Crippen molar-refractivity contribution in [1.82, 2.24) is 5.32 Å². The molecule has 0 aromatic rings. The summed E-state index contributed by atoms with van der Waals surface area (Å²) in [6.45, 7) is 13.3. The van der Waals surface area contributed by atoms with E-state index in [-0.39, 0.29) is 34.9 Å². The zero-order valence-electron chi connectivity index (χ0n) is 16.1. The Balaban J connectivity index is 2.04. The first-order valence-electron chi connectivity index (χ1n) is 9.53. The van der Waals surface area contributed by atoms with Crippen LogP contribution >= 0.6 is 0 Å². The summed E-state index contributed by atoms with van der Waals surface area (Å²) in [7, 11) is 0. The molecule has 0 radical (unpaired) electrons. The molecule has 1 saturated heterocycles. The number of ether oxygens (including phenoxy) is 1. The van der Waals surface area contributed by atoms with Crippen LogP contribution < -0.4 is 5.32 Å². The van der Waals surface area contributed by atoms with Gasteiger partial charge >= 0.3 is 0 Å². The fourth-order valence-electron chi connectivity index (χ4n) is 3.82. The van der Waals surface area contributed by atoms with E-state index in [0.29, 0.717) is 6.04 Å². The highest BCUT2D eigenvalue weighted by Crippen LogP contribution is 2.40. The molecule has 3 nitrogen and oxygen atoms in total. The van der Waals surface area contributed by atoms with Crippen LogP contribution in [0.4, 0.5) is 0 Å². The Kier molecular flexibility index (Phi) is 5.81. The largest absolute Gasteiger partial charge is 0.374 e. The number of rotatable bonds is 2. The molecule has 0 spiro atoms. The SMILES string of the molecule is CC(C)(C)C1CC(C(=O)NC2CCCCC2)CC(C(C)(C)C)O1. The van der Waals surface area contributed by atoms with Gasteiger partial charge in [-0.1, -0.05) is 60.8 Å². The van der Waals surface area contributed by atoms with Gasteiger partial charge < -0.3 is 10.1 Å². The second-order valence-electron chi connectivity index (χ2n) is 9.86. The maximum atomic E-state index is 12.8. The van der Waals surface area contributed by atoms with E-state index in [1.165, 1.54) is 19.3 Å². The highest BCUT2D eigenvalue weighted by Gasteiger charge is 2.42. The van der Waals surface area contributed by atoms with Gasteiger partial charge in [0.1, 0.15) is 0 Å². The molecule has 1 aliphatic carbocycles. The van der Waals surface area contributed by atoms with Crippen molar-refractivity contribution in [3.8, 4) is 0 Å². The monoisotopic (exact) mass is 323 g/mol. The summed E-state index contributed by atoms with van der Waals surface area (Å²) in [5.74, 6) is 0.364. The Morgan fingerprint density at radius 2 is 1.35 bits per heavy atom. The van der Waals surface area contributed by atoms with Crippen molar-refractivity contribution < 1.29 is 9.53 Å². The lowest BCUT2D eigenvalue weighted by Crippen LogP contribution is -2.50. The lowest BCUT2D eigenvalue weighted by atomic mass is 9.74. The molecule has 2 aliphatic rings. The summed E-state index contributed by atoms with van der Waals surface area (Å²) >= 11 is 0. The van der Waals surface area contributed by atoms with Crippen molar-refractivity contribution in [2.45, 2.75) is 105 Å². The molecule has 1 aliphatic heterocycles. The first kappa shape index (κ1) is 18.8. The molecule has 0 aromatic heterocycles. The predicted octanol–water partition coefficient (Wildman–Crippen LogP) is 4.69. The van der Waals surface area contributed by atoms with Crippen LogP contribution in [0.15, 0.2) is 0 Å². The standard InChI is InChI=1S/C20H37NO2/c1-19(2,3)16-12-14(13-17(23-16)20(4,5)6)18(22)21-15-10-8-7-9-11-15/h14-17H,7-13H2,1-6H3,(H,21,22). The van der Waals surface area contributed by atoms with E-state index in [2.05, 4.69) is 46.9 Å². The third-order valence-electron chi connectivity index (χ3n) is 5.58. The minimum absolute atomic E-state index is 0.0767. The zero-order chi connectivity index (χ0) is 17.3. The van der Waals surface area contributed by atoms with Crippen LogP contribution in [0.3, 0.4) is 0 Å². The number of hydrogen-bond donors (Lipinski definition) is 1. The fourth-order valence-corrected chi connectivity index (χ4v) is 3.82. The van der Waals surface area contributed by atoms with Crippen molar-refractivity contribution >= 4 is 5.91 Å². The maximum absolute atomic E-state index is 12.8. The van der Waals surface area contributed by atoms with Gasteiger partial charge in [0, 0.05) is 12.0 Å². The Bertz CT molecular complexity index is 377. The Morgan fingerprint density at radius 1 is 0.870 bits per heavy atom.